The SMILES string of the molecule is CC(=O)OCc1cc(NN2C(=O)C(C)C(C)C2=O)nc2cc(Br)ccc12. The molecule has 1 N–H and O–H groups in total. The van der Waals surface area contributed by atoms with Gasteiger partial charge in [0.15, 0.2) is 0 Å². The summed E-state index contributed by atoms with van der Waals surface area (Å²) in [5.74, 6) is -1.41. The number of carbonyl (C=O) groups excluding carboxylic acids is 3. The molecule has 7 nitrogen and oxygen atoms in total. The minimum Gasteiger partial charge on any atom is -0.461 e. The van der Waals surface area contributed by atoms with Crippen molar-refractivity contribution in [3.8, 4) is 0 Å². The Bertz CT molecular complexity index is 895. The van der Waals surface area contributed by atoms with Gasteiger partial charge in [0.05, 0.1) is 5.52 Å². The second kappa shape index (κ2) is 7.03. The summed E-state index contributed by atoms with van der Waals surface area (Å²) in [6.45, 7) is 4.86. The number of hydrogen-bond acceptors (Lipinski definition) is 6. The first-order chi connectivity index (χ1) is 12.3. The van der Waals surface area contributed by atoms with Gasteiger partial charge in [-0.2, -0.15) is 5.01 Å². The van der Waals surface area contributed by atoms with Gasteiger partial charge in [-0.25, -0.2) is 4.98 Å². The van der Waals surface area contributed by atoms with Crippen molar-refractivity contribution in [2.24, 2.45) is 11.8 Å². The molecule has 26 heavy (non-hydrogen) atoms. The van der Waals surface area contributed by atoms with Gasteiger partial charge in [-0.3, -0.25) is 19.8 Å². The summed E-state index contributed by atoms with van der Waals surface area (Å²) >= 11 is 3.40. The predicted octanol–water partition coefficient (Wildman–Crippen LogP) is 3.03. The monoisotopic (exact) mass is 419 g/mol. The Labute approximate surface area is 158 Å². The number of ether oxygens (including phenoxy) is 1. The molecule has 0 spiro atoms. The lowest BCUT2D eigenvalue weighted by atomic mass is 10.00. The molecule has 1 aliphatic heterocycles. The number of anilines is 1. The number of benzene rings is 1. The van der Waals surface area contributed by atoms with Crippen molar-refractivity contribution in [2.75, 3.05) is 5.43 Å². The van der Waals surface area contributed by atoms with Crippen LogP contribution in [0.25, 0.3) is 10.9 Å². The molecular formula is C18H18BrN3O4. The van der Waals surface area contributed by atoms with E-state index < -0.39 is 5.97 Å². The van der Waals surface area contributed by atoms with Crippen LogP contribution in [0, 0.1) is 11.8 Å². The number of rotatable bonds is 4. The van der Waals surface area contributed by atoms with Crippen LogP contribution in [0.2, 0.25) is 0 Å². The van der Waals surface area contributed by atoms with Crippen LogP contribution >= 0.6 is 15.9 Å². The molecule has 1 saturated heterocycles. The van der Waals surface area contributed by atoms with Crippen molar-refractivity contribution in [1.29, 1.82) is 0 Å². The van der Waals surface area contributed by atoms with Crippen molar-refractivity contribution in [2.45, 2.75) is 27.4 Å². The highest BCUT2D eigenvalue weighted by molar-refractivity contribution is 9.10. The van der Waals surface area contributed by atoms with E-state index in [9.17, 15) is 14.4 Å². The molecule has 0 radical (unpaired) electrons. The Hall–Kier alpha value is -2.48. The molecule has 0 saturated carbocycles. The molecule has 1 aliphatic rings. The lowest BCUT2D eigenvalue weighted by molar-refractivity contribution is -0.142. The molecule has 1 aromatic heterocycles. The zero-order valence-corrected chi connectivity index (χ0v) is 16.2. The molecule has 136 valence electrons. The number of nitrogens with zero attached hydrogens (tertiary/aromatic N) is 2. The second-order valence-electron chi connectivity index (χ2n) is 6.31. The summed E-state index contributed by atoms with van der Waals surface area (Å²) in [6.07, 6.45) is 0. The molecule has 1 fully saturated rings. The summed E-state index contributed by atoms with van der Waals surface area (Å²) in [5, 5.41) is 1.83. The molecule has 2 amide bonds. The number of esters is 1. The quantitative estimate of drug-likeness (QED) is 0.604. The fourth-order valence-electron chi connectivity index (χ4n) is 2.80. The minimum absolute atomic E-state index is 0.0688. The van der Waals surface area contributed by atoms with Crippen LogP contribution < -0.4 is 5.43 Å². The molecule has 8 heteroatoms. The van der Waals surface area contributed by atoms with Gasteiger partial charge >= 0.3 is 5.97 Å². The third kappa shape index (κ3) is 3.41. The van der Waals surface area contributed by atoms with E-state index in [2.05, 4.69) is 26.3 Å². The van der Waals surface area contributed by atoms with Crippen LogP contribution in [0.1, 0.15) is 26.3 Å². The maximum Gasteiger partial charge on any atom is 0.302 e. The molecule has 0 aliphatic carbocycles. The number of halogens is 1. The van der Waals surface area contributed by atoms with Crippen LogP contribution in [0.5, 0.6) is 0 Å². The topological polar surface area (TPSA) is 88.6 Å². The molecule has 2 aromatic rings. The Morgan fingerprint density at radius 3 is 2.50 bits per heavy atom. The Morgan fingerprint density at radius 2 is 1.88 bits per heavy atom. The first-order valence-corrected chi connectivity index (χ1v) is 8.94. The van der Waals surface area contributed by atoms with E-state index in [1.54, 1.807) is 19.9 Å². The number of imide groups is 1. The molecule has 1 aromatic carbocycles. The third-order valence-electron chi connectivity index (χ3n) is 4.48. The molecule has 2 heterocycles. The van der Waals surface area contributed by atoms with Crippen LogP contribution in [0.15, 0.2) is 28.7 Å². The van der Waals surface area contributed by atoms with Gasteiger partial charge in [-0.15, -0.1) is 0 Å². The Morgan fingerprint density at radius 1 is 1.23 bits per heavy atom. The van der Waals surface area contributed by atoms with Gasteiger partial charge in [0, 0.05) is 34.2 Å². The first kappa shape index (κ1) is 18.3. The van der Waals surface area contributed by atoms with Gasteiger partial charge in [0.25, 0.3) is 11.8 Å². The van der Waals surface area contributed by atoms with Crippen molar-refractivity contribution in [3.63, 3.8) is 0 Å². The number of aromatic nitrogens is 1. The number of hydrazine groups is 1. The lowest BCUT2D eigenvalue weighted by Crippen LogP contribution is -2.36. The summed E-state index contributed by atoms with van der Waals surface area (Å²) in [5.41, 5.74) is 4.18. The number of carbonyl (C=O) groups is 3. The number of fused-ring (bicyclic) bond motifs is 1. The van der Waals surface area contributed by atoms with E-state index in [4.69, 9.17) is 4.74 Å². The van der Waals surface area contributed by atoms with Gasteiger partial charge in [-0.1, -0.05) is 35.8 Å². The van der Waals surface area contributed by atoms with Crippen molar-refractivity contribution in [1.82, 2.24) is 9.99 Å². The number of amides is 2. The second-order valence-corrected chi connectivity index (χ2v) is 7.23. The highest BCUT2D eigenvalue weighted by Gasteiger charge is 2.42. The highest BCUT2D eigenvalue weighted by Crippen LogP contribution is 2.28. The van der Waals surface area contributed by atoms with Crippen LogP contribution in [-0.4, -0.2) is 27.8 Å². The molecular weight excluding hydrogens is 402 g/mol. The van der Waals surface area contributed by atoms with Crippen molar-refractivity contribution < 1.29 is 19.1 Å². The Kier molecular flexibility index (Phi) is 4.95. The summed E-state index contributed by atoms with van der Waals surface area (Å²) in [6, 6.07) is 7.22. The van der Waals surface area contributed by atoms with Gasteiger partial charge in [0.2, 0.25) is 0 Å². The van der Waals surface area contributed by atoms with Gasteiger partial charge < -0.3 is 4.74 Å². The summed E-state index contributed by atoms with van der Waals surface area (Å²) < 4.78 is 5.95. The van der Waals surface area contributed by atoms with Crippen LogP contribution in [0.3, 0.4) is 0 Å². The lowest BCUT2D eigenvalue weighted by Gasteiger charge is -2.18. The normalized spacial score (nSPS) is 19.9. The van der Waals surface area contributed by atoms with E-state index >= 15 is 0 Å². The maximum absolute atomic E-state index is 12.3. The third-order valence-corrected chi connectivity index (χ3v) is 4.98. The first-order valence-electron chi connectivity index (χ1n) is 8.15. The average molecular weight is 420 g/mol. The number of pyridine rings is 1. The van der Waals surface area contributed by atoms with Gasteiger partial charge in [-0.05, 0) is 18.2 Å². The van der Waals surface area contributed by atoms with E-state index in [0.717, 1.165) is 20.4 Å². The van der Waals surface area contributed by atoms with Crippen LogP contribution in [-0.2, 0) is 25.7 Å². The van der Waals surface area contributed by atoms with Crippen molar-refractivity contribution in [3.05, 3.63) is 34.3 Å². The van der Waals surface area contributed by atoms with E-state index in [1.165, 1.54) is 6.92 Å². The summed E-state index contributed by atoms with van der Waals surface area (Å²) in [7, 11) is 0. The number of hydrogen-bond donors (Lipinski definition) is 1. The Balaban J connectivity index is 1.99. The van der Waals surface area contributed by atoms with E-state index in [0.29, 0.717) is 11.3 Å². The minimum atomic E-state index is -0.394. The predicted molar refractivity (Wildman–Crippen MR) is 98.7 cm³/mol. The molecule has 2 atom stereocenters. The molecule has 2 unspecified atom stereocenters. The number of nitrogens with one attached hydrogen (secondary N) is 1. The smallest absolute Gasteiger partial charge is 0.302 e. The van der Waals surface area contributed by atoms with Crippen LogP contribution in [0.4, 0.5) is 5.82 Å². The molecule has 3 rings (SSSR count). The molecule has 0 bridgehead atoms. The van der Waals surface area contributed by atoms with E-state index in [1.807, 2.05) is 18.2 Å². The largest absolute Gasteiger partial charge is 0.461 e. The maximum atomic E-state index is 12.3. The summed E-state index contributed by atoms with van der Waals surface area (Å²) in [4.78, 5) is 40.2. The van der Waals surface area contributed by atoms with E-state index in [-0.39, 0.29) is 30.3 Å². The fourth-order valence-corrected chi connectivity index (χ4v) is 3.15. The highest BCUT2D eigenvalue weighted by atomic mass is 79.9. The average Bonchev–Trinajstić information content (AvgIpc) is 2.77. The zero-order chi connectivity index (χ0) is 19.0. The zero-order valence-electron chi connectivity index (χ0n) is 14.6. The van der Waals surface area contributed by atoms with Crippen molar-refractivity contribution >= 4 is 50.4 Å². The van der Waals surface area contributed by atoms with Gasteiger partial charge in [0.1, 0.15) is 12.4 Å². The fraction of sp³-hybridized carbons (Fsp3) is 0.333. The standard InChI is InChI=1S/C18H18BrN3O4/c1-9-10(2)18(25)22(17(9)24)21-16-6-12(8-26-11(3)23)14-5-4-13(19)7-15(14)20-16/h4-7,9-10H,8H2,1-3H3,(H,20,21).